The van der Waals surface area contributed by atoms with Gasteiger partial charge in [0.2, 0.25) is 0 Å². The van der Waals surface area contributed by atoms with Crippen molar-refractivity contribution < 1.29 is 19.1 Å². The molecule has 0 aliphatic carbocycles. The van der Waals surface area contributed by atoms with E-state index in [4.69, 9.17) is 15.2 Å². The molecule has 1 aromatic heterocycles. The number of para-hydroxylation sites is 1. The Morgan fingerprint density at radius 2 is 1.77 bits per heavy atom. The number of nitrogen functional groups attached to an aromatic ring is 1. The molecule has 3 aromatic rings. The number of ether oxygens (including phenoxy) is 2. The lowest BCUT2D eigenvalue weighted by Crippen LogP contribution is -2.53. The van der Waals surface area contributed by atoms with E-state index in [9.17, 15) is 9.59 Å². The van der Waals surface area contributed by atoms with Gasteiger partial charge in [0.1, 0.15) is 17.7 Å². The lowest BCUT2D eigenvalue weighted by molar-refractivity contribution is -0.148. The molecule has 2 heterocycles. The van der Waals surface area contributed by atoms with E-state index in [0.29, 0.717) is 12.1 Å². The minimum Gasteiger partial charge on any atom is -0.467 e. The topological polar surface area (TPSA) is 97.6 Å². The van der Waals surface area contributed by atoms with Crippen molar-refractivity contribution in [3.05, 3.63) is 65.4 Å². The van der Waals surface area contributed by atoms with E-state index in [1.165, 1.54) is 12.0 Å². The number of methoxy groups -OCH3 is 1. The fourth-order valence-corrected chi connectivity index (χ4v) is 4.17. The van der Waals surface area contributed by atoms with Gasteiger partial charge in [-0.15, -0.1) is 0 Å². The Balaban J connectivity index is 1.94. The van der Waals surface area contributed by atoms with Gasteiger partial charge in [-0.05, 0) is 50.1 Å². The number of anilines is 1. The zero-order valence-electron chi connectivity index (χ0n) is 18.1. The molecule has 0 fully saturated rings. The molecule has 1 aliphatic rings. The van der Waals surface area contributed by atoms with Crippen LogP contribution in [0.5, 0.6) is 0 Å². The molecule has 31 heavy (non-hydrogen) atoms. The van der Waals surface area contributed by atoms with Crippen molar-refractivity contribution in [2.24, 2.45) is 0 Å². The molecule has 1 amide bonds. The first kappa shape index (κ1) is 20.8. The SMILES string of the molecule is COC(=O)C1Cc2c([nH]c3ccccc23)C(c2ccc(N)cc2)N1C(=O)OC(C)(C)C. The van der Waals surface area contributed by atoms with Crippen LogP contribution in [-0.2, 0) is 20.7 Å². The van der Waals surface area contributed by atoms with E-state index in [1.54, 1.807) is 32.9 Å². The van der Waals surface area contributed by atoms with Crippen molar-refractivity contribution in [3.63, 3.8) is 0 Å². The second-order valence-corrected chi connectivity index (χ2v) is 8.76. The number of aromatic nitrogens is 1. The molecule has 7 heteroatoms. The molecule has 0 radical (unpaired) electrons. The van der Waals surface area contributed by atoms with Gasteiger partial charge in [-0.3, -0.25) is 4.90 Å². The molecule has 7 nitrogen and oxygen atoms in total. The van der Waals surface area contributed by atoms with Crippen molar-refractivity contribution in [2.45, 2.75) is 44.9 Å². The average Bonchev–Trinajstić information content (AvgIpc) is 3.09. The highest BCUT2D eigenvalue weighted by atomic mass is 16.6. The van der Waals surface area contributed by atoms with Gasteiger partial charge in [0, 0.05) is 28.7 Å². The lowest BCUT2D eigenvalue weighted by Gasteiger charge is -2.41. The fraction of sp³-hybridized carbons (Fsp3) is 0.333. The number of amides is 1. The summed E-state index contributed by atoms with van der Waals surface area (Å²) in [5, 5.41) is 1.02. The van der Waals surface area contributed by atoms with Gasteiger partial charge < -0.3 is 20.2 Å². The van der Waals surface area contributed by atoms with Gasteiger partial charge in [0.25, 0.3) is 0 Å². The molecule has 0 spiro atoms. The highest BCUT2D eigenvalue weighted by Gasteiger charge is 2.45. The minimum absolute atomic E-state index is 0.330. The maximum atomic E-state index is 13.4. The number of fused-ring (bicyclic) bond motifs is 3. The molecule has 0 saturated heterocycles. The van der Waals surface area contributed by atoms with E-state index in [-0.39, 0.29) is 0 Å². The number of nitrogens with zero attached hydrogens (tertiary/aromatic N) is 1. The number of benzene rings is 2. The average molecular weight is 421 g/mol. The van der Waals surface area contributed by atoms with Gasteiger partial charge in [-0.1, -0.05) is 30.3 Å². The minimum atomic E-state index is -0.825. The molecule has 162 valence electrons. The largest absolute Gasteiger partial charge is 0.467 e. The molecule has 0 saturated carbocycles. The summed E-state index contributed by atoms with van der Waals surface area (Å²) >= 11 is 0. The van der Waals surface area contributed by atoms with Gasteiger partial charge >= 0.3 is 12.1 Å². The normalized spacial score (nSPS) is 18.5. The van der Waals surface area contributed by atoms with Crippen LogP contribution in [0.4, 0.5) is 10.5 Å². The number of nitrogens with one attached hydrogen (secondary N) is 1. The number of carbonyl (C=O) groups is 2. The van der Waals surface area contributed by atoms with E-state index in [2.05, 4.69) is 4.98 Å². The van der Waals surface area contributed by atoms with Crippen LogP contribution in [0.3, 0.4) is 0 Å². The highest BCUT2D eigenvalue weighted by molar-refractivity contribution is 5.89. The maximum Gasteiger partial charge on any atom is 0.411 e. The summed E-state index contributed by atoms with van der Waals surface area (Å²) in [4.78, 5) is 31.2. The van der Waals surface area contributed by atoms with Crippen LogP contribution in [0.25, 0.3) is 10.9 Å². The van der Waals surface area contributed by atoms with Crippen molar-refractivity contribution >= 4 is 28.7 Å². The number of hydrogen-bond acceptors (Lipinski definition) is 5. The third-order valence-corrected chi connectivity index (χ3v) is 5.46. The standard InChI is InChI=1S/C24H27N3O4/c1-24(2,3)31-23(29)27-19(22(28)30-4)13-17-16-7-5-6-8-18(16)26-20(17)21(27)14-9-11-15(25)12-10-14/h5-12,19,21,26H,13,25H2,1-4H3. The molecule has 2 unspecified atom stereocenters. The summed E-state index contributed by atoms with van der Waals surface area (Å²) in [6.45, 7) is 5.40. The monoisotopic (exact) mass is 421 g/mol. The number of H-pyrrole nitrogens is 1. The molecule has 4 rings (SSSR count). The molecule has 0 bridgehead atoms. The summed E-state index contributed by atoms with van der Waals surface area (Å²) in [5.74, 6) is -0.484. The Kier molecular flexibility index (Phi) is 5.13. The Hall–Kier alpha value is -3.48. The Morgan fingerprint density at radius 3 is 2.42 bits per heavy atom. The van der Waals surface area contributed by atoms with E-state index in [1.807, 2.05) is 36.4 Å². The zero-order valence-corrected chi connectivity index (χ0v) is 18.1. The highest BCUT2D eigenvalue weighted by Crippen LogP contribution is 2.42. The Morgan fingerprint density at radius 1 is 1.10 bits per heavy atom. The van der Waals surface area contributed by atoms with Gasteiger partial charge in [-0.25, -0.2) is 9.59 Å². The third kappa shape index (κ3) is 3.83. The first-order chi connectivity index (χ1) is 14.7. The molecule has 2 aromatic carbocycles. The van der Waals surface area contributed by atoms with Crippen LogP contribution in [0.1, 0.15) is 43.6 Å². The Bertz CT molecular complexity index is 1130. The summed E-state index contributed by atoms with van der Waals surface area (Å²) in [6, 6.07) is 13.8. The number of hydrogen-bond donors (Lipinski definition) is 2. The quantitative estimate of drug-likeness (QED) is 0.478. The van der Waals surface area contributed by atoms with Crippen LogP contribution < -0.4 is 5.73 Å². The summed E-state index contributed by atoms with van der Waals surface area (Å²) < 4.78 is 10.8. The number of carbonyl (C=O) groups excluding carboxylic acids is 2. The summed E-state index contributed by atoms with van der Waals surface area (Å²) in [5.41, 5.74) is 9.42. The molecular weight excluding hydrogens is 394 g/mol. The van der Waals surface area contributed by atoms with Crippen molar-refractivity contribution in [2.75, 3.05) is 12.8 Å². The van der Waals surface area contributed by atoms with Crippen LogP contribution in [0, 0.1) is 0 Å². The van der Waals surface area contributed by atoms with Crippen LogP contribution in [-0.4, -0.2) is 40.7 Å². The van der Waals surface area contributed by atoms with E-state index >= 15 is 0 Å². The van der Waals surface area contributed by atoms with Crippen molar-refractivity contribution in [1.82, 2.24) is 9.88 Å². The maximum absolute atomic E-state index is 13.4. The smallest absolute Gasteiger partial charge is 0.411 e. The summed E-state index contributed by atoms with van der Waals surface area (Å²) in [7, 11) is 1.33. The van der Waals surface area contributed by atoms with Gasteiger partial charge in [-0.2, -0.15) is 0 Å². The number of esters is 1. The van der Waals surface area contributed by atoms with Crippen LogP contribution >= 0.6 is 0 Å². The van der Waals surface area contributed by atoms with Gasteiger partial charge in [0.15, 0.2) is 0 Å². The number of nitrogens with two attached hydrogens (primary N) is 1. The molecular formula is C24H27N3O4. The number of rotatable bonds is 2. The molecule has 1 aliphatic heterocycles. The predicted molar refractivity (Wildman–Crippen MR) is 119 cm³/mol. The summed E-state index contributed by atoms with van der Waals surface area (Å²) in [6.07, 6.45) is -0.245. The van der Waals surface area contributed by atoms with Crippen molar-refractivity contribution in [1.29, 1.82) is 0 Å². The van der Waals surface area contributed by atoms with E-state index in [0.717, 1.165) is 27.7 Å². The van der Waals surface area contributed by atoms with Gasteiger partial charge in [0.05, 0.1) is 7.11 Å². The van der Waals surface area contributed by atoms with E-state index < -0.39 is 29.7 Å². The zero-order chi connectivity index (χ0) is 22.3. The van der Waals surface area contributed by atoms with Crippen molar-refractivity contribution in [3.8, 4) is 0 Å². The second kappa shape index (κ2) is 7.65. The number of aromatic amines is 1. The first-order valence-electron chi connectivity index (χ1n) is 10.2. The van der Waals surface area contributed by atoms with Crippen LogP contribution in [0.15, 0.2) is 48.5 Å². The third-order valence-electron chi connectivity index (χ3n) is 5.46. The predicted octanol–water partition coefficient (Wildman–Crippen LogP) is 4.17. The molecule has 3 N–H and O–H groups in total. The Labute approximate surface area is 181 Å². The molecule has 2 atom stereocenters. The first-order valence-corrected chi connectivity index (χ1v) is 10.2. The fourth-order valence-electron chi connectivity index (χ4n) is 4.17. The van der Waals surface area contributed by atoms with Crippen LogP contribution in [0.2, 0.25) is 0 Å². The second-order valence-electron chi connectivity index (χ2n) is 8.76. The lowest BCUT2D eigenvalue weighted by atomic mass is 9.88.